The lowest BCUT2D eigenvalue weighted by molar-refractivity contribution is -0.123. The Morgan fingerprint density at radius 1 is 1.53 bits per heavy atom. The molecule has 0 aromatic heterocycles. The first kappa shape index (κ1) is 15.9. The minimum atomic E-state index is -0.663. The Balaban J connectivity index is 2.55. The SMILES string of the molecule is COCCNC(=O)COc1ccc(Br)cc1[C@@H](C)O. The minimum absolute atomic E-state index is 0.0922. The molecule has 1 rings (SSSR count). The van der Waals surface area contributed by atoms with E-state index in [2.05, 4.69) is 21.2 Å². The van der Waals surface area contributed by atoms with Crippen molar-refractivity contribution in [1.82, 2.24) is 5.32 Å². The van der Waals surface area contributed by atoms with Crippen LogP contribution in [0.25, 0.3) is 0 Å². The summed E-state index contributed by atoms with van der Waals surface area (Å²) >= 11 is 3.33. The molecule has 0 saturated heterocycles. The van der Waals surface area contributed by atoms with Crippen molar-refractivity contribution in [2.75, 3.05) is 26.9 Å². The lowest BCUT2D eigenvalue weighted by Crippen LogP contribution is -2.31. The number of rotatable bonds is 7. The predicted molar refractivity (Wildman–Crippen MR) is 75.2 cm³/mol. The van der Waals surface area contributed by atoms with Gasteiger partial charge in [-0.1, -0.05) is 15.9 Å². The second-order valence-electron chi connectivity index (χ2n) is 3.99. The van der Waals surface area contributed by atoms with Crippen LogP contribution < -0.4 is 10.1 Å². The molecule has 19 heavy (non-hydrogen) atoms. The molecule has 0 saturated carbocycles. The van der Waals surface area contributed by atoms with Gasteiger partial charge in [-0.3, -0.25) is 4.79 Å². The van der Waals surface area contributed by atoms with E-state index in [1.165, 1.54) is 0 Å². The van der Waals surface area contributed by atoms with Crippen LogP contribution in [0.5, 0.6) is 5.75 Å². The lowest BCUT2D eigenvalue weighted by Gasteiger charge is -2.13. The molecule has 1 aromatic rings. The third-order valence-corrected chi connectivity index (χ3v) is 2.90. The van der Waals surface area contributed by atoms with Crippen molar-refractivity contribution in [3.8, 4) is 5.75 Å². The number of methoxy groups -OCH3 is 1. The fraction of sp³-hybridized carbons (Fsp3) is 0.462. The summed E-state index contributed by atoms with van der Waals surface area (Å²) in [5, 5.41) is 12.3. The molecular formula is C13H18BrNO4. The van der Waals surface area contributed by atoms with Gasteiger partial charge in [0.2, 0.25) is 0 Å². The average Bonchev–Trinajstić information content (AvgIpc) is 2.37. The fourth-order valence-electron chi connectivity index (χ4n) is 1.46. The van der Waals surface area contributed by atoms with Crippen LogP contribution >= 0.6 is 15.9 Å². The van der Waals surface area contributed by atoms with Crippen molar-refractivity contribution in [3.63, 3.8) is 0 Å². The highest BCUT2D eigenvalue weighted by molar-refractivity contribution is 9.10. The van der Waals surface area contributed by atoms with Gasteiger partial charge in [-0.2, -0.15) is 0 Å². The first-order chi connectivity index (χ1) is 9.04. The number of benzene rings is 1. The quantitative estimate of drug-likeness (QED) is 0.745. The Labute approximate surface area is 121 Å². The van der Waals surface area contributed by atoms with Gasteiger partial charge in [-0.15, -0.1) is 0 Å². The van der Waals surface area contributed by atoms with E-state index in [9.17, 15) is 9.90 Å². The van der Waals surface area contributed by atoms with Gasteiger partial charge in [-0.05, 0) is 25.1 Å². The molecule has 0 fully saturated rings. The van der Waals surface area contributed by atoms with Gasteiger partial charge in [0.25, 0.3) is 5.91 Å². The molecule has 0 aliphatic heterocycles. The number of hydrogen-bond donors (Lipinski definition) is 2. The number of halogens is 1. The van der Waals surface area contributed by atoms with Crippen LogP contribution in [0.4, 0.5) is 0 Å². The average molecular weight is 332 g/mol. The van der Waals surface area contributed by atoms with Crippen molar-refractivity contribution in [1.29, 1.82) is 0 Å². The summed E-state index contributed by atoms with van der Waals surface area (Å²) in [4.78, 5) is 11.5. The standard InChI is InChI=1S/C13H18BrNO4/c1-9(16)11-7-10(14)3-4-12(11)19-8-13(17)15-5-6-18-2/h3-4,7,9,16H,5-6,8H2,1-2H3,(H,15,17)/t9-/m1/s1. The Hall–Kier alpha value is -1.11. The van der Waals surface area contributed by atoms with Crippen molar-refractivity contribution in [2.24, 2.45) is 0 Å². The number of aliphatic hydroxyl groups excluding tert-OH is 1. The fourth-order valence-corrected chi connectivity index (χ4v) is 1.84. The molecule has 2 N–H and O–H groups in total. The van der Waals surface area contributed by atoms with Crippen molar-refractivity contribution in [2.45, 2.75) is 13.0 Å². The number of hydrogen-bond acceptors (Lipinski definition) is 4. The molecule has 0 aliphatic carbocycles. The van der Waals surface area contributed by atoms with E-state index in [0.717, 1.165) is 4.47 Å². The number of carbonyl (C=O) groups is 1. The van der Waals surface area contributed by atoms with Crippen molar-refractivity contribution in [3.05, 3.63) is 28.2 Å². The predicted octanol–water partition coefficient (Wildman–Crippen LogP) is 1.64. The molecule has 1 aromatic carbocycles. The topological polar surface area (TPSA) is 67.8 Å². The van der Waals surface area contributed by atoms with Crippen LogP contribution in [0.1, 0.15) is 18.6 Å². The smallest absolute Gasteiger partial charge is 0.258 e. The maximum Gasteiger partial charge on any atom is 0.258 e. The van der Waals surface area contributed by atoms with Crippen LogP contribution in [0.2, 0.25) is 0 Å². The van der Waals surface area contributed by atoms with E-state index in [1.807, 2.05) is 0 Å². The summed E-state index contributed by atoms with van der Waals surface area (Å²) < 4.78 is 11.1. The molecule has 6 heteroatoms. The maximum atomic E-state index is 11.5. The molecule has 0 aliphatic rings. The third-order valence-electron chi connectivity index (χ3n) is 2.41. The van der Waals surface area contributed by atoms with Crippen LogP contribution in [0, 0.1) is 0 Å². The maximum absolute atomic E-state index is 11.5. The summed E-state index contributed by atoms with van der Waals surface area (Å²) in [5.41, 5.74) is 0.638. The van der Waals surface area contributed by atoms with Gasteiger partial charge in [0.15, 0.2) is 6.61 Å². The zero-order chi connectivity index (χ0) is 14.3. The van der Waals surface area contributed by atoms with Gasteiger partial charge in [0, 0.05) is 23.7 Å². The number of aliphatic hydroxyl groups is 1. The lowest BCUT2D eigenvalue weighted by atomic mass is 10.1. The molecule has 1 amide bonds. The summed E-state index contributed by atoms with van der Waals surface area (Å²) in [6, 6.07) is 5.28. The molecular weight excluding hydrogens is 314 g/mol. The molecule has 0 bridgehead atoms. The summed E-state index contributed by atoms with van der Waals surface area (Å²) in [6.07, 6.45) is -0.663. The normalized spacial score (nSPS) is 12.0. The molecule has 0 spiro atoms. The van der Waals surface area contributed by atoms with Crippen molar-refractivity contribution < 1.29 is 19.4 Å². The summed E-state index contributed by atoms with van der Waals surface area (Å²) in [5.74, 6) is 0.275. The molecule has 0 unspecified atom stereocenters. The highest BCUT2D eigenvalue weighted by atomic mass is 79.9. The molecule has 0 heterocycles. The van der Waals surface area contributed by atoms with Gasteiger partial charge >= 0.3 is 0 Å². The highest BCUT2D eigenvalue weighted by Gasteiger charge is 2.11. The first-order valence-corrected chi connectivity index (χ1v) is 6.70. The number of carbonyl (C=O) groups excluding carboxylic acids is 1. The number of nitrogens with one attached hydrogen (secondary N) is 1. The summed E-state index contributed by atoms with van der Waals surface area (Å²) in [7, 11) is 1.57. The minimum Gasteiger partial charge on any atom is -0.483 e. The van der Waals surface area contributed by atoms with E-state index >= 15 is 0 Å². The van der Waals surface area contributed by atoms with Crippen LogP contribution in [-0.4, -0.2) is 37.9 Å². The van der Waals surface area contributed by atoms with Crippen LogP contribution in [0.15, 0.2) is 22.7 Å². The van der Waals surface area contributed by atoms with Gasteiger partial charge in [-0.25, -0.2) is 0 Å². The number of ether oxygens (including phenoxy) is 2. The van der Waals surface area contributed by atoms with Crippen LogP contribution in [0.3, 0.4) is 0 Å². The second-order valence-corrected chi connectivity index (χ2v) is 4.91. The van der Waals surface area contributed by atoms with E-state index in [1.54, 1.807) is 32.2 Å². The van der Waals surface area contributed by atoms with E-state index in [-0.39, 0.29) is 12.5 Å². The summed E-state index contributed by atoms with van der Waals surface area (Å²) in [6.45, 7) is 2.46. The first-order valence-electron chi connectivity index (χ1n) is 5.90. The second kappa shape index (κ2) is 8.14. The molecule has 0 radical (unpaired) electrons. The molecule has 1 atom stereocenters. The van der Waals surface area contributed by atoms with Crippen molar-refractivity contribution >= 4 is 21.8 Å². The monoisotopic (exact) mass is 331 g/mol. The Bertz CT molecular complexity index is 423. The third kappa shape index (κ3) is 5.59. The van der Waals surface area contributed by atoms with E-state index < -0.39 is 6.10 Å². The van der Waals surface area contributed by atoms with E-state index in [4.69, 9.17) is 9.47 Å². The number of amides is 1. The zero-order valence-corrected chi connectivity index (χ0v) is 12.6. The Morgan fingerprint density at radius 2 is 2.26 bits per heavy atom. The molecule has 106 valence electrons. The highest BCUT2D eigenvalue weighted by Crippen LogP contribution is 2.28. The largest absolute Gasteiger partial charge is 0.483 e. The molecule has 5 nitrogen and oxygen atoms in total. The Morgan fingerprint density at radius 3 is 2.89 bits per heavy atom. The van der Waals surface area contributed by atoms with Gasteiger partial charge in [0.1, 0.15) is 5.75 Å². The van der Waals surface area contributed by atoms with Gasteiger partial charge in [0.05, 0.1) is 12.7 Å². The van der Waals surface area contributed by atoms with Crippen LogP contribution in [-0.2, 0) is 9.53 Å². The zero-order valence-electron chi connectivity index (χ0n) is 11.0. The van der Waals surface area contributed by atoms with E-state index in [0.29, 0.717) is 24.5 Å². The Kier molecular flexibility index (Phi) is 6.83. The van der Waals surface area contributed by atoms with Gasteiger partial charge < -0.3 is 19.9 Å².